The van der Waals surface area contributed by atoms with Crippen LogP contribution in [0.15, 0.2) is 41.0 Å². The van der Waals surface area contributed by atoms with Crippen LogP contribution in [-0.2, 0) is 13.6 Å². The zero-order valence-corrected chi connectivity index (χ0v) is 10.5. The van der Waals surface area contributed by atoms with Gasteiger partial charge >= 0.3 is 0 Å². The van der Waals surface area contributed by atoms with Gasteiger partial charge in [0.1, 0.15) is 5.82 Å². The molecule has 0 bridgehead atoms. The van der Waals surface area contributed by atoms with Gasteiger partial charge in [-0.3, -0.25) is 0 Å². The fourth-order valence-electron chi connectivity index (χ4n) is 1.50. The first-order valence-corrected chi connectivity index (χ1v) is 5.75. The van der Waals surface area contributed by atoms with E-state index in [9.17, 15) is 4.39 Å². The van der Waals surface area contributed by atoms with Crippen molar-refractivity contribution in [3.05, 3.63) is 52.5 Å². The van der Waals surface area contributed by atoms with Crippen LogP contribution in [0.1, 0.15) is 5.69 Å². The average molecular weight is 283 g/mol. The molecule has 1 aromatic heterocycles. The number of rotatable bonds is 3. The lowest BCUT2D eigenvalue weighted by Gasteiger charge is -2.08. The van der Waals surface area contributed by atoms with E-state index in [0.29, 0.717) is 12.2 Å². The maximum atomic E-state index is 13.5. The molecule has 0 radical (unpaired) electrons. The van der Waals surface area contributed by atoms with E-state index in [4.69, 9.17) is 0 Å². The van der Waals surface area contributed by atoms with Crippen LogP contribution >= 0.6 is 15.9 Å². The zero-order valence-electron chi connectivity index (χ0n) is 8.87. The predicted molar refractivity (Wildman–Crippen MR) is 66.8 cm³/mol. The predicted octanol–water partition coefficient (Wildman–Crippen LogP) is 3.54. The highest BCUT2D eigenvalue weighted by Crippen LogP contribution is 2.19. The van der Waals surface area contributed by atoms with Crippen LogP contribution in [0.5, 0.6) is 0 Å². The molecule has 1 heterocycles. The lowest BCUT2D eigenvalue weighted by molar-refractivity contribution is 0.629. The summed E-state index contributed by atoms with van der Waals surface area (Å²) in [6.45, 7) is 0.613. The summed E-state index contributed by atoms with van der Waals surface area (Å²) in [7, 11) is 1.97. The fourth-order valence-corrected chi connectivity index (χ4v) is 1.83. The van der Waals surface area contributed by atoms with Crippen LogP contribution in [0.3, 0.4) is 0 Å². The second kappa shape index (κ2) is 4.70. The van der Waals surface area contributed by atoms with E-state index in [2.05, 4.69) is 21.2 Å². The van der Waals surface area contributed by atoms with Crippen molar-refractivity contribution in [1.82, 2.24) is 4.57 Å². The van der Waals surface area contributed by atoms with Gasteiger partial charge in [0, 0.05) is 23.4 Å². The summed E-state index contributed by atoms with van der Waals surface area (Å²) in [5.74, 6) is -0.247. The Hall–Kier alpha value is -1.29. The van der Waals surface area contributed by atoms with Crippen molar-refractivity contribution in [1.29, 1.82) is 0 Å². The molecule has 2 nitrogen and oxygen atoms in total. The highest BCUT2D eigenvalue weighted by molar-refractivity contribution is 9.10. The Morgan fingerprint density at radius 3 is 2.81 bits per heavy atom. The summed E-state index contributed by atoms with van der Waals surface area (Å²) >= 11 is 3.23. The number of hydrogen-bond acceptors (Lipinski definition) is 1. The Balaban J connectivity index is 2.08. The highest BCUT2D eigenvalue weighted by atomic mass is 79.9. The molecular weight excluding hydrogens is 271 g/mol. The van der Waals surface area contributed by atoms with E-state index < -0.39 is 0 Å². The molecule has 0 aliphatic rings. The van der Waals surface area contributed by atoms with Gasteiger partial charge in [-0.2, -0.15) is 0 Å². The van der Waals surface area contributed by atoms with Crippen molar-refractivity contribution in [3.8, 4) is 0 Å². The second-order valence-electron chi connectivity index (χ2n) is 3.59. The van der Waals surface area contributed by atoms with Gasteiger partial charge in [0.25, 0.3) is 0 Å². The van der Waals surface area contributed by atoms with Gasteiger partial charge in [-0.1, -0.05) is 15.9 Å². The molecule has 0 saturated carbocycles. The molecule has 0 saturated heterocycles. The number of benzene rings is 1. The summed E-state index contributed by atoms with van der Waals surface area (Å²) in [6, 6.07) is 8.96. The molecule has 0 fully saturated rings. The number of nitrogens with one attached hydrogen (secondary N) is 1. The minimum atomic E-state index is -0.247. The van der Waals surface area contributed by atoms with Crippen molar-refractivity contribution in [2.24, 2.45) is 7.05 Å². The van der Waals surface area contributed by atoms with Gasteiger partial charge in [0.05, 0.1) is 12.2 Å². The maximum absolute atomic E-state index is 13.5. The Morgan fingerprint density at radius 2 is 2.19 bits per heavy atom. The Bertz CT molecular complexity index is 494. The third-order valence-corrected chi connectivity index (χ3v) is 2.94. The number of aryl methyl sites for hydroxylation is 1. The first kappa shape index (κ1) is 11.2. The van der Waals surface area contributed by atoms with E-state index in [1.165, 1.54) is 6.07 Å². The van der Waals surface area contributed by atoms with E-state index in [1.54, 1.807) is 6.07 Å². The van der Waals surface area contributed by atoms with Gasteiger partial charge in [-0.25, -0.2) is 4.39 Å². The molecule has 0 unspecified atom stereocenters. The third-order valence-electron chi connectivity index (χ3n) is 2.44. The number of aromatic nitrogens is 1. The molecule has 2 aromatic rings. The number of nitrogens with zero attached hydrogens (tertiary/aromatic N) is 1. The number of halogens is 2. The van der Waals surface area contributed by atoms with Gasteiger partial charge in [0.2, 0.25) is 0 Å². The largest absolute Gasteiger partial charge is 0.377 e. The fraction of sp³-hybridized carbons (Fsp3) is 0.167. The van der Waals surface area contributed by atoms with Crippen LogP contribution in [0.4, 0.5) is 10.1 Å². The first-order chi connectivity index (χ1) is 7.66. The molecule has 2 rings (SSSR count). The lowest BCUT2D eigenvalue weighted by Crippen LogP contribution is -2.05. The maximum Gasteiger partial charge on any atom is 0.147 e. The van der Waals surface area contributed by atoms with Crippen LogP contribution in [-0.4, -0.2) is 4.57 Å². The molecule has 0 aliphatic heterocycles. The lowest BCUT2D eigenvalue weighted by atomic mass is 10.3. The zero-order chi connectivity index (χ0) is 11.5. The van der Waals surface area contributed by atoms with E-state index >= 15 is 0 Å². The van der Waals surface area contributed by atoms with Gasteiger partial charge < -0.3 is 9.88 Å². The van der Waals surface area contributed by atoms with Crippen LogP contribution in [0.2, 0.25) is 0 Å². The van der Waals surface area contributed by atoms with Crippen molar-refractivity contribution in [2.45, 2.75) is 6.54 Å². The van der Waals surface area contributed by atoms with E-state index in [-0.39, 0.29) is 5.82 Å². The Morgan fingerprint density at radius 1 is 1.38 bits per heavy atom. The molecule has 0 spiro atoms. The minimum Gasteiger partial charge on any atom is -0.377 e. The van der Waals surface area contributed by atoms with Crippen LogP contribution < -0.4 is 5.32 Å². The molecule has 0 atom stereocenters. The SMILES string of the molecule is Cn1cccc1CNc1ccc(Br)cc1F. The molecule has 1 N–H and O–H groups in total. The van der Waals surface area contributed by atoms with Crippen LogP contribution in [0.25, 0.3) is 0 Å². The molecule has 84 valence electrons. The second-order valence-corrected chi connectivity index (χ2v) is 4.50. The molecule has 4 heteroatoms. The summed E-state index contributed by atoms with van der Waals surface area (Å²) in [6.07, 6.45) is 1.97. The summed E-state index contributed by atoms with van der Waals surface area (Å²) in [4.78, 5) is 0. The quantitative estimate of drug-likeness (QED) is 0.911. The Labute approximate surface area is 102 Å². The van der Waals surface area contributed by atoms with Crippen molar-refractivity contribution in [2.75, 3.05) is 5.32 Å². The third kappa shape index (κ3) is 2.44. The summed E-state index contributed by atoms with van der Waals surface area (Å²) in [5.41, 5.74) is 1.63. The first-order valence-electron chi connectivity index (χ1n) is 4.96. The minimum absolute atomic E-state index is 0.247. The van der Waals surface area contributed by atoms with Gasteiger partial charge in [-0.05, 0) is 30.3 Å². The highest BCUT2D eigenvalue weighted by Gasteiger charge is 2.03. The average Bonchev–Trinajstić information content (AvgIpc) is 2.63. The molecule has 0 aliphatic carbocycles. The Kier molecular flexibility index (Phi) is 3.29. The number of hydrogen-bond donors (Lipinski definition) is 1. The summed E-state index contributed by atoms with van der Waals surface area (Å²) < 4.78 is 16.2. The van der Waals surface area contributed by atoms with E-state index in [1.807, 2.05) is 36.0 Å². The molecule has 0 amide bonds. The van der Waals surface area contributed by atoms with Gasteiger partial charge in [-0.15, -0.1) is 0 Å². The van der Waals surface area contributed by atoms with E-state index in [0.717, 1.165) is 10.2 Å². The van der Waals surface area contributed by atoms with Crippen molar-refractivity contribution in [3.63, 3.8) is 0 Å². The molecule has 16 heavy (non-hydrogen) atoms. The smallest absolute Gasteiger partial charge is 0.147 e. The van der Waals surface area contributed by atoms with Crippen molar-refractivity contribution >= 4 is 21.6 Å². The van der Waals surface area contributed by atoms with Crippen LogP contribution in [0, 0.1) is 5.82 Å². The topological polar surface area (TPSA) is 17.0 Å². The molecular formula is C12H12BrFN2. The monoisotopic (exact) mass is 282 g/mol. The normalized spacial score (nSPS) is 10.4. The summed E-state index contributed by atoms with van der Waals surface area (Å²) in [5, 5.41) is 3.07. The van der Waals surface area contributed by atoms with Gasteiger partial charge in [0.15, 0.2) is 0 Å². The standard InChI is InChI=1S/C12H12BrFN2/c1-16-6-2-3-10(16)8-15-12-5-4-9(13)7-11(12)14/h2-7,15H,8H2,1H3. The van der Waals surface area contributed by atoms with Crippen molar-refractivity contribution < 1.29 is 4.39 Å². The molecule has 1 aromatic carbocycles. The number of anilines is 1.